The van der Waals surface area contributed by atoms with Crippen LogP contribution in [0.4, 0.5) is 19.0 Å². The lowest BCUT2D eigenvalue weighted by Crippen LogP contribution is -2.04. The smallest absolute Gasteiger partial charge is 0.383 e. The van der Waals surface area contributed by atoms with Crippen molar-refractivity contribution >= 4 is 23.1 Å². The molecule has 0 aliphatic rings. The van der Waals surface area contributed by atoms with E-state index in [1.807, 2.05) is 0 Å². The van der Waals surface area contributed by atoms with Crippen molar-refractivity contribution in [1.82, 2.24) is 9.38 Å². The van der Waals surface area contributed by atoms with Gasteiger partial charge in [0, 0.05) is 11.8 Å². The standard InChI is InChI=1S/C14H9ClF3N3/c15-10-5-2-6-21-12(19)11(20-13(10)21)8-3-1-4-9(7-8)14(16,17)18/h1-7H,19H2. The number of aromatic nitrogens is 2. The molecule has 3 rings (SSSR count). The first kappa shape index (κ1) is 13.8. The first-order chi connectivity index (χ1) is 9.88. The summed E-state index contributed by atoms with van der Waals surface area (Å²) in [7, 11) is 0. The highest BCUT2D eigenvalue weighted by molar-refractivity contribution is 6.33. The molecule has 21 heavy (non-hydrogen) atoms. The molecule has 0 saturated heterocycles. The zero-order chi connectivity index (χ0) is 15.2. The van der Waals surface area contributed by atoms with Gasteiger partial charge in [-0.1, -0.05) is 23.7 Å². The topological polar surface area (TPSA) is 43.3 Å². The molecule has 0 atom stereocenters. The summed E-state index contributed by atoms with van der Waals surface area (Å²) in [4.78, 5) is 4.24. The highest BCUT2D eigenvalue weighted by Gasteiger charge is 2.30. The van der Waals surface area contributed by atoms with Crippen LogP contribution in [0.1, 0.15) is 5.56 Å². The lowest BCUT2D eigenvalue weighted by Gasteiger charge is -2.07. The molecule has 0 aliphatic carbocycles. The molecule has 0 saturated carbocycles. The Balaban J connectivity index is 2.22. The minimum atomic E-state index is -4.42. The molecule has 0 spiro atoms. The van der Waals surface area contributed by atoms with Crippen molar-refractivity contribution in [3.8, 4) is 11.3 Å². The highest BCUT2D eigenvalue weighted by atomic mass is 35.5. The van der Waals surface area contributed by atoms with Crippen LogP contribution in [0.5, 0.6) is 0 Å². The van der Waals surface area contributed by atoms with E-state index in [-0.39, 0.29) is 11.5 Å². The van der Waals surface area contributed by atoms with Gasteiger partial charge in [-0.05, 0) is 24.3 Å². The summed E-state index contributed by atoms with van der Waals surface area (Å²) in [5, 5.41) is 0.377. The van der Waals surface area contributed by atoms with Gasteiger partial charge in [-0.15, -0.1) is 0 Å². The molecule has 7 heteroatoms. The molecular weight excluding hydrogens is 303 g/mol. The molecular formula is C14H9ClF3N3. The summed E-state index contributed by atoms with van der Waals surface area (Å²) >= 11 is 6.01. The zero-order valence-electron chi connectivity index (χ0n) is 10.5. The van der Waals surface area contributed by atoms with Crippen LogP contribution in [0.15, 0.2) is 42.6 Å². The summed E-state index contributed by atoms with van der Waals surface area (Å²) in [6.07, 6.45) is -2.76. The normalized spacial score (nSPS) is 12.0. The molecule has 3 nitrogen and oxygen atoms in total. The molecule has 0 fully saturated rings. The van der Waals surface area contributed by atoms with Crippen molar-refractivity contribution in [1.29, 1.82) is 0 Å². The second-order valence-electron chi connectivity index (χ2n) is 4.47. The Labute approximate surface area is 122 Å². The number of fused-ring (bicyclic) bond motifs is 1. The number of benzene rings is 1. The van der Waals surface area contributed by atoms with Crippen molar-refractivity contribution in [3.05, 3.63) is 53.2 Å². The van der Waals surface area contributed by atoms with Crippen molar-refractivity contribution in [2.75, 3.05) is 5.73 Å². The average Bonchev–Trinajstić information content (AvgIpc) is 2.77. The molecule has 0 amide bonds. The van der Waals surface area contributed by atoms with E-state index in [4.69, 9.17) is 17.3 Å². The summed E-state index contributed by atoms with van der Waals surface area (Å²) in [5.41, 5.74) is 6.18. The molecule has 2 N–H and O–H groups in total. The number of hydrogen-bond acceptors (Lipinski definition) is 2. The Morgan fingerprint density at radius 2 is 1.90 bits per heavy atom. The molecule has 2 heterocycles. The summed E-state index contributed by atoms with van der Waals surface area (Å²) in [6.45, 7) is 0. The van der Waals surface area contributed by atoms with Gasteiger partial charge in [0.15, 0.2) is 5.65 Å². The van der Waals surface area contributed by atoms with Gasteiger partial charge < -0.3 is 5.73 Å². The molecule has 2 aromatic heterocycles. The van der Waals surface area contributed by atoms with Gasteiger partial charge in [-0.25, -0.2) is 4.98 Å². The predicted octanol–water partition coefficient (Wildman–Crippen LogP) is 4.26. The third-order valence-electron chi connectivity index (χ3n) is 3.10. The fourth-order valence-corrected chi connectivity index (χ4v) is 2.31. The van der Waals surface area contributed by atoms with Gasteiger partial charge in [0.05, 0.1) is 10.6 Å². The molecule has 0 aliphatic heterocycles. The second kappa shape index (κ2) is 4.66. The molecule has 108 valence electrons. The first-order valence-electron chi connectivity index (χ1n) is 5.97. The van der Waals surface area contributed by atoms with Gasteiger partial charge in [-0.2, -0.15) is 13.2 Å². The Kier molecular flexibility index (Phi) is 3.06. The van der Waals surface area contributed by atoms with E-state index in [9.17, 15) is 13.2 Å². The Bertz CT molecular complexity index is 824. The quantitative estimate of drug-likeness (QED) is 0.730. The summed E-state index contributed by atoms with van der Waals surface area (Å²) < 4.78 is 39.9. The molecule has 1 aromatic carbocycles. The van der Waals surface area contributed by atoms with Gasteiger partial charge >= 0.3 is 6.18 Å². The minimum absolute atomic E-state index is 0.242. The second-order valence-corrected chi connectivity index (χ2v) is 4.88. The molecule has 3 aromatic rings. The number of imidazole rings is 1. The molecule has 0 radical (unpaired) electrons. The van der Waals surface area contributed by atoms with Crippen LogP contribution in [-0.2, 0) is 6.18 Å². The SMILES string of the molecule is Nc1c(-c2cccc(C(F)(F)F)c2)nc2c(Cl)cccn12. The summed E-state index contributed by atoms with van der Waals surface area (Å²) in [6, 6.07) is 8.20. The van der Waals surface area contributed by atoms with Crippen LogP contribution in [0, 0.1) is 0 Å². The van der Waals surface area contributed by atoms with E-state index in [1.165, 1.54) is 16.5 Å². The number of nitrogen functional groups attached to an aromatic ring is 1. The number of rotatable bonds is 1. The fraction of sp³-hybridized carbons (Fsp3) is 0.0714. The van der Waals surface area contributed by atoms with E-state index >= 15 is 0 Å². The number of anilines is 1. The molecule has 0 bridgehead atoms. The lowest BCUT2D eigenvalue weighted by atomic mass is 10.1. The maximum atomic E-state index is 12.8. The van der Waals surface area contributed by atoms with Gasteiger partial charge in [0.2, 0.25) is 0 Å². The Morgan fingerprint density at radius 1 is 1.14 bits per heavy atom. The van der Waals surface area contributed by atoms with Gasteiger partial charge in [0.1, 0.15) is 11.5 Å². The number of halogens is 4. The van der Waals surface area contributed by atoms with Crippen LogP contribution in [0.3, 0.4) is 0 Å². The molecule has 0 unspecified atom stereocenters. The van der Waals surface area contributed by atoms with Gasteiger partial charge in [0.25, 0.3) is 0 Å². The number of hydrogen-bond donors (Lipinski definition) is 1. The fourth-order valence-electron chi connectivity index (χ4n) is 2.11. The van der Waals surface area contributed by atoms with E-state index in [0.717, 1.165) is 12.1 Å². The Hall–Kier alpha value is -2.21. The highest BCUT2D eigenvalue weighted by Crippen LogP contribution is 2.34. The van der Waals surface area contributed by atoms with Crippen LogP contribution in [0.2, 0.25) is 5.02 Å². The maximum absolute atomic E-state index is 12.8. The van der Waals surface area contributed by atoms with Crippen LogP contribution in [0.25, 0.3) is 16.9 Å². The van der Waals surface area contributed by atoms with Crippen molar-refractivity contribution in [2.24, 2.45) is 0 Å². The summed E-state index contributed by atoms with van der Waals surface area (Å²) in [5.74, 6) is 0.242. The number of nitrogens with two attached hydrogens (primary N) is 1. The van der Waals surface area contributed by atoms with Crippen molar-refractivity contribution in [2.45, 2.75) is 6.18 Å². The first-order valence-corrected chi connectivity index (χ1v) is 6.35. The van der Waals surface area contributed by atoms with E-state index in [0.29, 0.717) is 16.2 Å². The van der Waals surface area contributed by atoms with Crippen molar-refractivity contribution < 1.29 is 13.2 Å². The van der Waals surface area contributed by atoms with E-state index in [1.54, 1.807) is 18.3 Å². The Morgan fingerprint density at radius 3 is 2.57 bits per heavy atom. The average molecular weight is 312 g/mol. The zero-order valence-corrected chi connectivity index (χ0v) is 11.3. The van der Waals surface area contributed by atoms with Crippen LogP contribution in [-0.4, -0.2) is 9.38 Å². The number of pyridine rings is 1. The lowest BCUT2D eigenvalue weighted by molar-refractivity contribution is -0.137. The minimum Gasteiger partial charge on any atom is -0.383 e. The third-order valence-corrected chi connectivity index (χ3v) is 3.40. The van der Waals surface area contributed by atoms with Crippen LogP contribution < -0.4 is 5.73 Å². The van der Waals surface area contributed by atoms with E-state index in [2.05, 4.69) is 4.98 Å². The monoisotopic (exact) mass is 311 g/mol. The number of alkyl halides is 3. The van der Waals surface area contributed by atoms with E-state index < -0.39 is 11.7 Å². The predicted molar refractivity (Wildman–Crippen MR) is 75.1 cm³/mol. The third kappa shape index (κ3) is 2.31. The largest absolute Gasteiger partial charge is 0.416 e. The van der Waals surface area contributed by atoms with Crippen LogP contribution >= 0.6 is 11.6 Å². The van der Waals surface area contributed by atoms with Gasteiger partial charge in [-0.3, -0.25) is 4.40 Å². The maximum Gasteiger partial charge on any atom is 0.416 e. The van der Waals surface area contributed by atoms with Crippen molar-refractivity contribution in [3.63, 3.8) is 0 Å². The number of nitrogens with zero attached hydrogens (tertiary/aromatic N) is 2.